The fourth-order valence-electron chi connectivity index (χ4n) is 3.40. The van der Waals surface area contributed by atoms with E-state index in [2.05, 4.69) is 47.4 Å². The van der Waals surface area contributed by atoms with Crippen molar-refractivity contribution in [3.05, 3.63) is 70.7 Å². The number of rotatable bonds is 7. The second-order valence-electron chi connectivity index (χ2n) is 6.71. The number of hydrogen-bond acceptors (Lipinski definition) is 5. The fourth-order valence-corrected chi connectivity index (χ4v) is 4.04. The largest absolute Gasteiger partial charge is 0.494 e. The van der Waals surface area contributed by atoms with Crippen LogP contribution in [0.4, 0.5) is 0 Å². The number of aromatic nitrogens is 1. The Morgan fingerprint density at radius 1 is 1.11 bits per heavy atom. The highest BCUT2D eigenvalue weighted by atomic mass is 32.1. The Kier molecular flexibility index (Phi) is 5.82. The number of aryl methyl sites for hydroxylation is 1. The summed E-state index contributed by atoms with van der Waals surface area (Å²) in [5.74, 6) is 0.971. The summed E-state index contributed by atoms with van der Waals surface area (Å²) >= 11 is 1.67. The van der Waals surface area contributed by atoms with Gasteiger partial charge in [0.2, 0.25) is 0 Å². The molecular weight excluding hydrogens is 356 g/mol. The Morgan fingerprint density at radius 2 is 2.00 bits per heavy atom. The molecule has 1 aliphatic rings. The van der Waals surface area contributed by atoms with Gasteiger partial charge in [-0.25, -0.2) is 4.98 Å². The maximum Gasteiger partial charge on any atom is 0.123 e. The lowest BCUT2D eigenvalue weighted by molar-refractivity contribution is -0.142. The van der Waals surface area contributed by atoms with E-state index in [4.69, 9.17) is 9.57 Å². The summed E-state index contributed by atoms with van der Waals surface area (Å²) in [6.45, 7) is 2.52. The van der Waals surface area contributed by atoms with E-state index in [9.17, 15) is 0 Å². The summed E-state index contributed by atoms with van der Waals surface area (Å²) in [4.78, 5) is 9.68. The molecule has 1 aliphatic heterocycles. The maximum atomic E-state index is 5.98. The third kappa shape index (κ3) is 4.56. The predicted molar refractivity (Wildman–Crippen MR) is 109 cm³/mol. The lowest BCUT2D eigenvalue weighted by atomic mass is 10.0. The van der Waals surface area contributed by atoms with Gasteiger partial charge in [0.05, 0.1) is 13.7 Å². The molecule has 3 aromatic rings. The van der Waals surface area contributed by atoms with Gasteiger partial charge in [-0.05, 0) is 48.1 Å². The van der Waals surface area contributed by atoms with Crippen molar-refractivity contribution in [2.24, 2.45) is 0 Å². The lowest BCUT2D eigenvalue weighted by Gasteiger charge is -2.26. The van der Waals surface area contributed by atoms with Crippen molar-refractivity contribution < 1.29 is 9.57 Å². The van der Waals surface area contributed by atoms with E-state index in [1.165, 1.54) is 22.3 Å². The van der Waals surface area contributed by atoms with Crippen LogP contribution in [0.3, 0.4) is 0 Å². The third-order valence-corrected chi connectivity index (χ3v) is 5.75. The molecule has 0 unspecified atom stereocenters. The molecule has 0 saturated carbocycles. The van der Waals surface area contributed by atoms with Crippen LogP contribution < -0.4 is 4.74 Å². The topological polar surface area (TPSA) is 34.6 Å². The molecule has 0 saturated heterocycles. The van der Waals surface area contributed by atoms with E-state index < -0.39 is 0 Å². The zero-order valence-electron chi connectivity index (χ0n) is 15.6. The highest BCUT2D eigenvalue weighted by Gasteiger charge is 2.16. The first kappa shape index (κ1) is 18.2. The molecule has 4 nitrogen and oxygen atoms in total. The minimum atomic E-state index is 0.733. The Hall–Kier alpha value is -2.21. The average Bonchev–Trinajstić information content (AvgIpc) is 3.26. The van der Waals surface area contributed by atoms with Gasteiger partial charge in [0.1, 0.15) is 10.8 Å². The van der Waals surface area contributed by atoms with Crippen LogP contribution in [0, 0.1) is 0 Å². The quantitative estimate of drug-likeness (QED) is 0.555. The maximum absolute atomic E-state index is 5.98. The summed E-state index contributed by atoms with van der Waals surface area (Å²) < 4.78 is 5.98. The molecule has 4 rings (SSSR count). The SMILES string of the molecule is CON1CCc2cc(OCCCc3ccc(-c4nccs4)cc3)ccc2C1. The third-order valence-electron chi connectivity index (χ3n) is 4.92. The van der Waals surface area contributed by atoms with Crippen molar-refractivity contribution in [2.75, 3.05) is 20.3 Å². The molecule has 2 aromatic carbocycles. The molecular formula is C22H24N2O2S. The minimum Gasteiger partial charge on any atom is -0.494 e. The van der Waals surface area contributed by atoms with Crippen molar-refractivity contribution in [3.8, 4) is 16.3 Å². The van der Waals surface area contributed by atoms with Crippen LogP contribution in [0.5, 0.6) is 5.75 Å². The highest BCUT2D eigenvalue weighted by Crippen LogP contribution is 2.24. The number of ether oxygens (including phenoxy) is 1. The summed E-state index contributed by atoms with van der Waals surface area (Å²) in [6, 6.07) is 15.1. The van der Waals surface area contributed by atoms with Crippen molar-refractivity contribution in [3.63, 3.8) is 0 Å². The predicted octanol–water partition coefficient (Wildman–Crippen LogP) is 4.74. The van der Waals surface area contributed by atoms with E-state index in [0.29, 0.717) is 0 Å². The molecule has 1 aromatic heterocycles. The molecule has 0 bridgehead atoms. The van der Waals surface area contributed by atoms with Gasteiger partial charge in [-0.2, -0.15) is 5.06 Å². The highest BCUT2D eigenvalue weighted by molar-refractivity contribution is 7.13. The van der Waals surface area contributed by atoms with E-state index >= 15 is 0 Å². The molecule has 0 spiro atoms. The van der Waals surface area contributed by atoms with E-state index in [1.807, 2.05) is 16.6 Å². The molecule has 27 heavy (non-hydrogen) atoms. The summed E-state index contributed by atoms with van der Waals surface area (Å²) in [5.41, 5.74) is 5.23. The van der Waals surface area contributed by atoms with Gasteiger partial charge >= 0.3 is 0 Å². The number of benzene rings is 2. The zero-order chi connectivity index (χ0) is 18.5. The van der Waals surface area contributed by atoms with Crippen LogP contribution in [0.1, 0.15) is 23.1 Å². The monoisotopic (exact) mass is 380 g/mol. The second-order valence-corrected chi connectivity index (χ2v) is 7.61. The van der Waals surface area contributed by atoms with Gasteiger partial charge in [-0.1, -0.05) is 30.3 Å². The smallest absolute Gasteiger partial charge is 0.123 e. The number of hydroxylamine groups is 2. The Labute approximate surface area is 164 Å². The van der Waals surface area contributed by atoms with Crippen LogP contribution in [0.2, 0.25) is 0 Å². The van der Waals surface area contributed by atoms with Crippen molar-refractivity contribution in [1.29, 1.82) is 0 Å². The molecule has 5 heteroatoms. The normalized spacial score (nSPS) is 14.1. The van der Waals surface area contributed by atoms with Gasteiger partial charge in [-0.15, -0.1) is 11.3 Å². The molecule has 0 radical (unpaired) electrons. The van der Waals surface area contributed by atoms with Crippen molar-refractivity contribution >= 4 is 11.3 Å². The minimum absolute atomic E-state index is 0.733. The van der Waals surface area contributed by atoms with Crippen molar-refractivity contribution in [2.45, 2.75) is 25.8 Å². The van der Waals surface area contributed by atoms with Crippen LogP contribution in [-0.2, 0) is 24.2 Å². The molecule has 0 N–H and O–H groups in total. The molecule has 0 atom stereocenters. The Bertz CT molecular complexity index is 863. The Morgan fingerprint density at radius 3 is 2.78 bits per heavy atom. The van der Waals surface area contributed by atoms with E-state index in [1.54, 1.807) is 18.4 Å². The number of thiazole rings is 1. The van der Waals surface area contributed by atoms with E-state index in [-0.39, 0.29) is 0 Å². The molecule has 0 aliphatic carbocycles. The Balaban J connectivity index is 1.26. The molecule has 140 valence electrons. The summed E-state index contributed by atoms with van der Waals surface area (Å²) in [7, 11) is 1.73. The average molecular weight is 381 g/mol. The van der Waals surface area contributed by atoms with Gasteiger partial charge in [0.15, 0.2) is 0 Å². The van der Waals surface area contributed by atoms with Gasteiger partial charge in [-0.3, -0.25) is 0 Å². The second kappa shape index (κ2) is 8.65. The first-order valence-electron chi connectivity index (χ1n) is 9.34. The van der Waals surface area contributed by atoms with Crippen molar-refractivity contribution in [1.82, 2.24) is 10.0 Å². The summed E-state index contributed by atoms with van der Waals surface area (Å²) in [6.07, 6.45) is 4.88. The van der Waals surface area contributed by atoms with Crippen LogP contribution >= 0.6 is 11.3 Å². The van der Waals surface area contributed by atoms with Gasteiger partial charge in [0, 0.05) is 30.2 Å². The van der Waals surface area contributed by atoms with Crippen LogP contribution in [-0.4, -0.2) is 30.3 Å². The number of hydrogen-bond donors (Lipinski definition) is 0. The summed E-state index contributed by atoms with van der Waals surface area (Å²) in [5, 5.41) is 5.07. The lowest BCUT2D eigenvalue weighted by Crippen LogP contribution is -2.29. The molecule has 0 amide bonds. The first-order valence-corrected chi connectivity index (χ1v) is 10.2. The first-order chi connectivity index (χ1) is 13.3. The molecule has 2 heterocycles. The van der Waals surface area contributed by atoms with Gasteiger partial charge in [0.25, 0.3) is 0 Å². The zero-order valence-corrected chi connectivity index (χ0v) is 16.4. The number of fused-ring (bicyclic) bond motifs is 1. The van der Waals surface area contributed by atoms with Crippen LogP contribution in [0.15, 0.2) is 54.0 Å². The standard InChI is InChI=1S/C22H24N2O2S/c1-25-24-12-10-19-15-21(9-8-20(19)16-24)26-13-2-3-17-4-6-18(7-5-17)22-23-11-14-27-22/h4-9,11,14-15H,2-3,10,12-13,16H2,1H3. The fraction of sp³-hybridized carbons (Fsp3) is 0.318. The van der Waals surface area contributed by atoms with Gasteiger partial charge < -0.3 is 9.57 Å². The number of nitrogens with zero attached hydrogens (tertiary/aromatic N) is 2. The van der Waals surface area contributed by atoms with Crippen LogP contribution in [0.25, 0.3) is 10.6 Å². The van der Waals surface area contributed by atoms with E-state index in [0.717, 1.165) is 49.7 Å². The molecule has 0 fully saturated rings.